The molecule has 134 valence electrons. The number of amides is 2. The van der Waals surface area contributed by atoms with E-state index in [4.69, 9.17) is 0 Å². The summed E-state index contributed by atoms with van der Waals surface area (Å²) < 4.78 is 29.2. The lowest BCUT2D eigenvalue weighted by molar-refractivity contribution is -0.124. The van der Waals surface area contributed by atoms with Crippen molar-refractivity contribution in [1.82, 2.24) is 10.2 Å². The zero-order valence-electron chi connectivity index (χ0n) is 13.8. The molecule has 1 unspecified atom stereocenters. The molecule has 24 heavy (non-hydrogen) atoms. The molecule has 1 aromatic rings. The van der Waals surface area contributed by atoms with E-state index in [2.05, 4.69) is 10.1 Å². The molecule has 1 aliphatic rings. The maximum atomic E-state index is 12.6. The van der Waals surface area contributed by atoms with Gasteiger partial charge in [0.1, 0.15) is 10.6 Å². The Balaban J connectivity index is 1.95. The fraction of sp³-hybridized carbons (Fsp3) is 0.625. The number of piperidine rings is 1. The first-order valence-electron chi connectivity index (χ1n) is 7.97. The van der Waals surface area contributed by atoms with Crippen molar-refractivity contribution in [3.63, 3.8) is 0 Å². The van der Waals surface area contributed by atoms with Crippen LogP contribution in [0.5, 0.6) is 5.75 Å². The van der Waals surface area contributed by atoms with E-state index in [1.54, 1.807) is 10.3 Å². The Morgan fingerprint density at radius 1 is 1.46 bits per heavy atom. The molecule has 5 nitrogen and oxygen atoms in total. The van der Waals surface area contributed by atoms with Crippen LogP contribution in [0, 0.1) is 11.8 Å². The van der Waals surface area contributed by atoms with E-state index in [1.165, 1.54) is 6.07 Å². The quantitative estimate of drug-likeness (QED) is 0.848. The molecule has 2 rings (SSSR count). The number of nitrogens with zero attached hydrogens (tertiary/aromatic N) is 1. The van der Waals surface area contributed by atoms with E-state index in [1.807, 2.05) is 13.8 Å². The van der Waals surface area contributed by atoms with E-state index in [0.717, 1.165) is 24.2 Å². The first-order chi connectivity index (χ1) is 11.4. The van der Waals surface area contributed by atoms with Gasteiger partial charge in [-0.2, -0.15) is 8.78 Å². The molecular weight excluding hydrogens is 338 g/mol. The Kier molecular flexibility index (Phi) is 6.53. The summed E-state index contributed by atoms with van der Waals surface area (Å²) in [5, 5.41) is 4.45. The zero-order chi connectivity index (χ0) is 17.7. The summed E-state index contributed by atoms with van der Waals surface area (Å²) >= 11 is 1.10. The van der Waals surface area contributed by atoms with Gasteiger partial charge in [-0.1, -0.05) is 13.8 Å². The number of hydrogen-bond donors (Lipinski definition) is 1. The van der Waals surface area contributed by atoms with Gasteiger partial charge in [-0.05, 0) is 30.2 Å². The van der Waals surface area contributed by atoms with Crippen molar-refractivity contribution < 1.29 is 23.1 Å². The van der Waals surface area contributed by atoms with Crippen molar-refractivity contribution in [2.45, 2.75) is 33.3 Å². The molecule has 0 aromatic carbocycles. The highest BCUT2D eigenvalue weighted by atomic mass is 32.1. The summed E-state index contributed by atoms with van der Waals surface area (Å²) in [6.45, 7) is 2.31. The van der Waals surface area contributed by atoms with Crippen molar-refractivity contribution >= 4 is 23.2 Å². The SMILES string of the molecule is CC(C)C(=O)NCC1CCCN(C(=O)c2sccc2OC(F)F)C1. The van der Waals surface area contributed by atoms with Gasteiger partial charge in [0.25, 0.3) is 5.91 Å². The summed E-state index contributed by atoms with van der Waals surface area (Å²) in [4.78, 5) is 26.1. The molecule has 0 saturated carbocycles. The summed E-state index contributed by atoms with van der Waals surface area (Å²) in [6.07, 6.45) is 1.75. The fourth-order valence-corrected chi connectivity index (χ4v) is 3.44. The van der Waals surface area contributed by atoms with Crippen LogP contribution in [0.1, 0.15) is 36.4 Å². The second kappa shape index (κ2) is 8.41. The molecule has 2 amide bonds. The van der Waals surface area contributed by atoms with Crippen molar-refractivity contribution in [2.24, 2.45) is 11.8 Å². The first kappa shape index (κ1) is 18.6. The second-order valence-corrected chi connectivity index (χ2v) is 7.07. The maximum Gasteiger partial charge on any atom is 0.387 e. The fourth-order valence-electron chi connectivity index (χ4n) is 2.65. The molecule has 0 spiro atoms. The minimum Gasteiger partial charge on any atom is -0.433 e. The molecule has 1 atom stereocenters. The third-order valence-electron chi connectivity index (χ3n) is 3.93. The Labute approximate surface area is 144 Å². The summed E-state index contributed by atoms with van der Waals surface area (Å²) in [6, 6.07) is 1.38. The van der Waals surface area contributed by atoms with Crippen LogP contribution in [0.3, 0.4) is 0 Å². The smallest absolute Gasteiger partial charge is 0.387 e. The molecule has 1 saturated heterocycles. The van der Waals surface area contributed by atoms with Crippen LogP contribution in [-0.2, 0) is 4.79 Å². The molecule has 1 fully saturated rings. The van der Waals surface area contributed by atoms with Gasteiger partial charge in [-0.15, -0.1) is 11.3 Å². The molecule has 1 aromatic heterocycles. The van der Waals surface area contributed by atoms with Gasteiger partial charge in [0.05, 0.1) is 0 Å². The molecule has 0 aliphatic carbocycles. The Hall–Kier alpha value is -1.70. The van der Waals surface area contributed by atoms with Gasteiger partial charge in [-0.3, -0.25) is 9.59 Å². The molecule has 0 radical (unpaired) electrons. The number of nitrogens with one attached hydrogen (secondary N) is 1. The van der Waals surface area contributed by atoms with Gasteiger partial charge in [-0.25, -0.2) is 0 Å². The van der Waals surface area contributed by atoms with E-state index in [9.17, 15) is 18.4 Å². The van der Waals surface area contributed by atoms with Gasteiger partial charge in [0.15, 0.2) is 0 Å². The normalized spacial score (nSPS) is 18.1. The average molecular weight is 360 g/mol. The van der Waals surface area contributed by atoms with E-state index < -0.39 is 6.61 Å². The van der Waals surface area contributed by atoms with Crippen molar-refractivity contribution in [1.29, 1.82) is 0 Å². The van der Waals surface area contributed by atoms with Crippen molar-refractivity contribution in [3.05, 3.63) is 16.3 Å². The molecule has 8 heteroatoms. The van der Waals surface area contributed by atoms with Crippen LogP contribution in [-0.4, -0.2) is 43.0 Å². The zero-order valence-corrected chi connectivity index (χ0v) is 14.6. The third kappa shape index (κ3) is 4.90. The standard InChI is InChI=1S/C16H22F2N2O3S/c1-10(2)14(21)19-8-11-4-3-6-20(9-11)15(22)13-12(5-7-24-13)23-16(17)18/h5,7,10-11,16H,3-4,6,8-9H2,1-2H3,(H,19,21). The molecule has 1 aliphatic heterocycles. The van der Waals surface area contributed by atoms with Gasteiger partial charge in [0.2, 0.25) is 5.91 Å². The summed E-state index contributed by atoms with van der Waals surface area (Å²) in [5.41, 5.74) is 0. The predicted octanol–water partition coefficient (Wildman–Crippen LogP) is 2.97. The highest BCUT2D eigenvalue weighted by molar-refractivity contribution is 7.12. The highest BCUT2D eigenvalue weighted by Gasteiger charge is 2.28. The molecular formula is C16H22F2N2O3S. The minimum absolute atomic E-state index is 0.00988. The molecule has 2 heterocycles. The van der Waals surface area contributed by atoms with Gasteiger partial charge < -0.3 is 15.0 Å². The van der Waals surface area contributed by atoms with Gasteiger partial charge in [0, 0.05) is 25.6 Å². The second-order valence-electron chi connectivity index (χ2n) is 6.15. The number of likely N-dealkylation sites (tertiary alicyclic amines) is 1. The number of hydrogen-bond acceptors (Lipinski definition) is 4. The predicted molar refractivity (Wildman–Crippen MR) is 87.4 cm³/mol. The Morgan fingerprint density at radius 2 is 2.21 bits per heavy atom. The van der Waals surface area contributed by atoms with E-state index in [-0.39, 0.29) is 34.3 Å². The Bertz CT molecular complexity index is 577. The summed E-state index contributed by atoms with van der Waals surface area (Å²) in [5.74, 6) is -0.281. The minimum atomic E-state index is -2.95. The van der Waals surface area contributed by atoms with Crippen LogP contribution in [0.15, 0.2) is 11.4 Å². The average Bonchev–Trinajstić information content (AvgIpc) is 2.99. The first-order valence-corrected chi connectivity index (χ1v) is 8.85. The monoisotopic (exact) mass is 360 g/mol. The number of thiophene rings is 1. The van der Waals surface area contributed by atoms with Crippen LogP contribution >= 0.6 is 11.3 Å². The maximum absolute atomic E-state index is 12.6. The lowest BCUT2D eigenvalue weighted by atomic mass is 9.97. The van der Waals surface area contributed by atoms with Crippen LogP contribution < -0.4 is 10.1 Å². The number of carbonyl (C=O) groups excluding carboxylic acids is 2. The number of alkyl halides is 2. The lowest BCUT2D eigenvalue weighted by Gasteiger charge is -2.33. The van der Waals surface area contributed by atoms with E-state index >= 15 is 0 Å². The van der Waals surface area contributed by atoms with Gasteiger partial charge >= 0.3 is 6.61 Å². The third-order valence-corrected chi connectivity index (χ3v) is 4.82. The lowest BCUT2D eigenvalue weighted by Crippen LogP contribution is -2.44. The number of halogens is 2. The molecule has 0 bridgehead atoms. The van der Waals surface area contributed by atoms with Crippen LogP contribution in [0.25, 0.3) is 0 Å². The topological polar surface area (TPSA) is 58.6 Å². The Morgan fingerprint density at radius 3 is 2.88 bits per heavy atom. The van der Waals surface area contributed by atoms with Crippen LogP contribution in [0.2, 0.25) is 0 Å². The summed E-state index contributed by atoms with van der Waals surface area (Å²) in [7, 11) is 0. The number of rotatable bonds is 6. The largest absolute Gasteiger partial charge is 0.433 e. The number of carbonyl (C=O) groups is 2. The highest BCUT2D eigenvalue weighted by Crippen LogP contribution is 2.29. The van der Waals surface area contributed by atoms with Crippen molar-refractivity contribution in [3.8, 4) is 5.75 Å². The van der Waals surface area contributed by atoms with Crippen LogP contribution in [0.4, 0.5) is 8.78 Å². The number of ether oxygens (including phenoxy) is 1. The molecule has 1 N–H and O–H groups in total. The van der Waals surface area contributed by atoms with E-state index in [0.29, 0.717) is 19.6 Å². The van der Waals surface area contributed by atoms with Crippen molar-refractivity contribution in [2.75, 3.05) is 19.6 Å².